The maximum atomic E-state index is 10.2. The number of oxime groups is 1. The van der Waals surface area contributed by atoms with Gasteiger partial charge in [0.05, 0.1) is 12.5 Å². The van der Waals surface area contributed by atoms with Crippen molar-refractivity contribution in [2.45, 2.75) is 18.6 Å². The number of benzene rings is 2. The molecule has 26 heavy (non-hydrogen) atoms. The maximum Gasteiger partial charge on any atom is 0.168 e. The van der Waals surface area contributed by atoms with Crippen molar-refractivity contribution in [1.29, 1.82) is 0 Å². The second kappa shape index (κ2) is 7.72. The monoisotopic (exact) mass is 364 g/mol. The summed E-state index contributed by atoms with van der Waals surface area (Å²) < 4.78 is 0. The van der Waals surface area contributed by atoms with Gasteiger partial charge in [0.1, 0.15) is 5.84 Å². The minimum Gasteiger partial charge on any atom is -0.387 e. The molecule has 0 aliphatic carbocycles. The molecule has 2 N–H and O–H groups in total. The number of nitrogens with zero attached hydrogens (tertiary/aromatic N) is 1. The van der Waals surface area contributed by atoms with Crippen molar-refractivity contribution >= 4 is 17.2 Å². The summed E-state index contributed by atoms with van der Waals surface area (Å²) in [6.07, 6.45) is 0.0641. The lowest BCUT2D eigenvalue weighted by molar-refractivity contribution is 0.0883. The summed E-state index contributed by atoms with van der Waals surface area (Å²) in [5, 5.41) is 19.7. The predicted molar refractivity (Wildman–Crippen MR) is 105 cm³/mol. The van der Waals surface area contributed by atoms with E-state index in [0.29, 0.717) is 13.0 Å². The molecule has 0 amide bonds. The SMILES string of the molecule is O[C@@H](CNC1=NO[C@H](c2cc(-c3ccccc3)cs2)C1)c1ccccc1. The molecule has 5 heteroatoms. The maximum absolute atomic E-state index is 10.2. The molecule has 0 bridgehead atoms. The topological polar surface area (TPSA) is 53.8 Å². The number of nitrogens with one attached hydrogen (secondary N) is 1. The molecule has 0 unspecified atom stereocenters. The molecule has 0 fully saturated rings. The van der Waals surface area contributed by atoms with E-state index in [-0.39, 0.29) is 6.10 Å². The van der Waals surface area contributed by atoms with Gasteiger partial charge in [-0.3, -0.25) is 0 Å². The highest BCUT2D eigenvalue weighted by Gasteiger charge is 2.25. The first-order valence-corrected chi connectivity index (χ1v) is 9.51. The number of aliphatic hydroxyl groups excluding tert-OH is 1. The van der Waals surface area contributed by atoms with Crippen molar-refractivity contribution in [3.63, 3.8) is 0 Å². The third kappa shape index (κ3) is 3.79. The van der Waals surface area contributed by atoms with Gasteiger partial charge >= 0.3 is 0 Å². The normalized spacial score (nSPS) is 17.4. The van der Waals surface area contributed by atoms with Crippen LogP contribution in [0.15, 0.2) is 77.3 Å². The lowest BCUT2D eigenvalue weighted by atomic mass is 10.1. The lowest BCUT2D eigenvalue weighted by Gasteiger charge is -2.12. The molecule has 1 aromatic heterocycles. The highest BCUT2D eigenvalue weighted by Crippen LogP contribution is 2.34. The molecule has 0 spiro atoms. The van der Waals surface area contributed by atoms with Gasteiger partial charge in [-0.15, -0.1) is 11.3 Å². The molecule has 132 valence electrons. The van der Waals surface area contributed by atoms with E-state index in [1.807, 2.05) is 48.5 Å². The highest BCUT2D eigenvalue weighted by molar-refractivity contribution is 7.10. The Balaban J connectivity index is 1.33. The van der Waals surface area contributed by atoms with E-state index in [1.54, 1.807) is 11.3 Å². The Morgan fingerprint density at radius 1 is 1.08 bits per heavy atom. The van der Waals surface area contributed by atoms with Crippen molar-refractivity contribution in [2.75, 3.05) is 6.54 Å². The fourth-order valence-corrected chi connectivity index (χ4v) is 3.89. The zero-order valence-electron chi connectivity index (χ0n) is 14.2. The Labute approximate surface area is 156 Å². The summed E-state index contributed by atoms with van der Waals surface area (Å²) in [5.41, 5.74) is 3.30. The van der Waals surface area contributed by atoms with Crippen LogP contribution in [0, 0.1) is 0 Å². The molecule has 4 rings (SSSR count). The van der Waals surface area contributed by atoms with E-state index in [4.69, 9.17) is 4.84 Å². The van der Waals surface area contributed by atoms with Crippen LogP contribution in [0.2, 0.25) is 0 Å². The van der Waals surface area contributed by atoms with Crippen molar-refractivity contribution in [3.05, 3.63) is 82.6 Å². The molecule has 0 saturated heterocycles. The number of thiophene rings is 1. The quantitative estimate of drug-likeness (QED) is 0.700. The first-order chi connectivity index (χ1) is 12.8. The number of amidine groups is 1. The number of hydrogen-bond donors (Lipinski definition) is 2. The molecule has 0 saturated carbocycles. The molecule has 1 aliphatic rings. The predicted octanol–water partition coefficient (Wildman–Crippen LogP) is 4.51. The summed E-state index contributed by atoms with van der Waals surface area (Å²) in [7, 11) is 0. The van der Waals surface area contributed by atoms with Gasteiger partial charge in [0, 0.05) is 11.4 Å². The number of aliphatic hydroxyl groups is 1. The fraction of sp³-hybridized carbons (Fsp3) is 0.190. The third-order valence-corrected chi connectivity index (χ3v) is 5.42. The van der Waals surface area contributed by atoms with E-state index in [2.05, 4.69) is 34.1 Å². The third-order valence-electron chi connectivity index (χ3n) is 4.40. The molecule has 3 aromatic rings. The Morgan fingerprint density at radius 2 is 1.81 bits per heavy atom. The van der Waals surface area contributed by atoms with E-state index in [1.165, 1.54) is 11.1 Å². The Morgan fingerprint density at radius 3 is 2.58 bits per heavy atom. The van der Waals surface area contributed by atoms with Crippen molar-refractivity contribution in [3.8, 4) is 11.1 Å². The van der Waals surface area contributed by atoms with Crippen LogP contribution in [0.4, 0.5) is 0 Å². The Hall–Kier alpha value is -2.63. The van der Waals surface area contributed by atoms with E-state index < -0.39 is 6.10 Å². The Bertz CT molecular complexity index is 877. The number of hydrogen-bond acceptors (Lipinski definition) is 5. The van der Waals surface area contributed by atoms with Crippen LogP contribution in [0.3, 0.4) is 0 Å². The molecule has 1 aliphatic heterocycles. The van der Waals surface area contributed by atoms with Crippen LogP contribution in [0.5, 0.6) is 0 Å². The Kier molecular flexibility index (Phi) is 5.00. The largest absolute Gasteiger partial charge is 0.387 e. The van der Waals surface area contributed by atoms with Crippen LogP contribution in [-0.2, 0) is 4.84 Å². The van der Waals surface area contributed by atoms with Crippen molar-refractivity contribution < 1.29 is 9.94 Å². The van der Waals surface area contributed by atoms with Crippen LogP contribution < -0.4 is 5.32 Å². The second-order valence-corrected chi connectivity index (χ2v) is 7.19. The standard InChI is InChI=1S/C21H20N2O2S/c24-18(16-9-5-2-6-10-16)13-22-21-12-19(25-23-21)20-11-17(14-26-20)15-7-3-1-4-8-15/h1-11,14,18-19,24H,12-13H2,(H,22,23)/t18-,19-/m0/s1. The number of rotatable bonds is 5. The molecule has 2 aromatic carbocycles. The summed E-state index contributed by atoms with van der Waals surface area (Å²) in [4.78, 5) is 6.75. The average molecular weight is 364 g/mol. The summed E-state index contributed by atoms with van der Waals surface area (Å²) in [6, 6.07) is 22.1. The fourth-order valence-electron chi connectivity index (χ4n) is 2.95. The molecule has 4 nitrogen and oxygen atoms in total. The lowest BCUT2D eigenvalue weighted by Crippen LogP contribution is -2.27. The van der Waals surface area contributed by atoms with Gasteiger partial charge in [-0.2, -0.15) is 0 Å². The second-order valence-electron chi connectivity index (χ2n) is 6.25. The zero-order valence-corrected chi connectivity index (χ0v) is 15.0. The smallest absolute Gasteiger partial charge is 0.168 e. The highest BCUT2D eigenvalue weighted by atomic mass is 32.1. The van der Waals surface area contributed by atoms with Crippen LogP contribution in [-0.4, -0.2) is 17.5 Å². The van der Waals surface area contributed by atoms with Gasteiger partial charge in [-0.25, -0.2) is 0 Å². The molecular weight excluding hydrogens is 344 g/mol. The minimum atomic E-state index is -0.565. The minimum absolute atomic E-state index is 0.0613. The van der Waals surface area contributed by atoms with Gasteiger partial charge < -0.3 is 15.3 Å². The summed E-state index contributed by atoms with van der Waals surface area (Å²) >= 11 is 1.69. The summed E-state index contributed by atoms with van der Waals surface area (Å²) in [5.74, 6) is 0.777. The van der Waals surface area contributed by atoms with Gasteiger partial charge in [-0.1, -0.05) is 65.8 Å². The first-order valence-electron chi connectivity index (χ1n) is 8.63. The zero-order chi connectivity index (χ0) is 17.8. The van der Waals surface area contributed by atoms with Gasteiger partial charge in [0.25, 0.3) is 0 Å². The van der Waals surface area contributed by atoms with E-state index in [9.17, 15) is 5.11 Å². The summed E-state index contributed by atoms with van der Waals surface area (Å²) in [6.45, 7) is 0.415. The van der Waals surface area contributed by atoms with Crippen LogP contribution in [0.25, 0.3) is 11.1 Å². The van der Waals surface area contributed by atoms with E-state index in [0.717, 1.165) is 16.3 Å². The van der Waals surface area contributed by atoms with Crippen LogP contribution in [0.1, 0.15) is 29.1 Å². The molecule has 2 heterocycles. The van der Waals surface area contributed by atoms with E-state index >= 15 is 0 Å². The average Bonchev–Trinajstić information content (AvgIpc) is 3.37. The molecular formula is C21H20N2O2S. The molecule has 2 atom stereocenters. The first kappa shape index (κ1) is 16.8. The molecule has 0 radical (unpaired) electrons. The van der Waals surface area contributed by atoms with Crippen LogP contribution >= 0.6 is 11.3 Å². The van der Waals surface area contributed by atoms with Gasteiger partial charge in [0.15, 0.2) is 6.10 Å². The van der Waals surface area contributed by atoms with Crippen molar-refractivity contribution in [2.24, 2.45) is 5.16 Å². The van der Waals surface area contributed by atoms with Gasteiger partial charge in [-0.05, 0) is 28.1 Å². The van der Waals surface area contributed by atoms with Crippen molar-refractivity contribution in [1.82, 2.24) is 5.32 Å². The van der Waals surface area contributed by atoms with Gasteiger partial charge in [0.2, 0.25) is 0 Å².